The van der Waals surface area contributed by atoms with E-state index in [1.54, 1.807) is 16.3 Å². The molecule has 4 nitrogen and oxygen atoms in total. The summed E-state index contributed by atoms with van der Waals surface area (Å²) < 4.78 is 7.52. The number of benzene rings is 2. The van der Waals surface area contributed by atoms with Crippen molar-refractivity contribution in [3.8, 4) is 0 Å². The van der Waals surface area contributed by atoms with Crippen LogP contribution in [0.5, 0.6) is 0 Å². The van der Waals surface area contributed by atoms with Crippen LogP contribution in [0.1, 0.15) is 18.4 Å². The molecule has 26 heavy (non-hydrogen) atoms. The second kappa shape index (κ2) is 7.82. The minimum Gasteiger partial charge on any atom is -0.376 e. The summed E-state index contributed by atoms with van der Waals surface area (Å²) in [5.74, 6) is 0.730. The first-order chi connectivity index (χ1) is 12.7. The number of fused-ring (bicyclic) bond motifs is 1. The van der Waals surface area contributed by atoms with E-state index in [9.17, 15) is 4.79 Å². The molecular formula is C20H19ClN2O2S. The van der Waals surface area contributed by atoms with Gasteiger partial charge in [-0.2, -0.15) is 0 Å². The molecule has 0 radical (unpaired) electrons. The first-order valence-corrected chi connectivity index (χ1v) is 10.1. The third-order valence-electron chi connectivity index (χ3n) is 4.52. The third kappa shape index (κ3) is 3.80. The Balaban J connectivity index is 1.68. The van der Waals surface area contributed by atoms with Crippen LogP contribution in [0.25, 0.3) is 10.9 Å². The molecule has 1 aliphatic heterocycles. The highest BCUT2D eigenvalue weighted by Gasteiger charge is 2.20. The van der Waals surface area contributed by atoms with Crippen LogP contribution in [0.4, 0.5) is 0 Å². The van der Waals surface area contributed by atoms with Gasteiger partial charge in [0.2, 0.25) is 0 Å². The number of aromatic nitrogens is 2. The van der Waals surface area contributed by atoms with E-state index >= 15 is 0 Å². The van der Waals surface area contributed by atoms with Gasteiger partial charge in [-0.05, 0) is 42.7 Å². The van der Waals surface area contributed by atoms with Crippen LogP contribution in [-0.4, -0.2) is 22.3 Å². The maximum Gasteiger partial charge on any atom is 0.262 e. The van der Waals surface area contributed by atoms with Crippen LogP contribution in [0, 0.1) is 0 Å². The lowest BCUT2D eigenvalue weighted by Crippen LogP contribution is -2.28. The molecule has 4 rings (SSSR count). The van der Waals surface area contributed by atoms with Crippen molar-refractivity contribution >= 4 is 34.3 Å². The topological polar surface area (TPSA) is 44.1 Å². The number of nitrogens with zero attached hydrogens (tertiary/aromatic N) is 2. The number of rotatable bonds is 5. The number of thioether (sulfide) groups is 1. The van der Waals surface area contributed by atoms with Gasteiger partial charge in [0, 0.05) is 17.4 Å². The summed E-state index contributed by atoms with van der Waals surface area (Å²) in [6.45, 7) is 1.33. The van der Waals surface area contributed by atoms with Gasteiger partial charge in [-0.15, -0.1) is 0 Å². The molecule has 1 saturated heterocycles. The predicted octanol–water partition coefficient (Wildman–Crippen LogP) is 4.52. The van der Waals surface area contributed by atoms with Crippen LogP contribution in [-0.2, 0) is 17.0 Å². The molecule has 6 heteroatoms. The van der Waals surface area contributed by atoms with Crippen LogP contribution < -0.4 is 5.56 Å². The van der Waals surface area contributed by atoms with Gasteiger partial charge >= 0.3 is 0 Å². The zero-order valence-electron chi connectivity index (χ0n) is 14.2. The summed E-state index contributed by atoms with van der Waals surface area (Å²) in [6.07, 6.45) is 2.12. The number of hydrogen-bond acceptors (Lipinski definition) is 4. The van der Waals surface area contributed by atoms with Crippen molar-refractivity contribution in [2.24, 2.45) is 0 Å². The molecule has 0 N–H and O–H groups in total. The Hall–Kier alpha value is -1.82. The molecule has 3 aromatic rings. The summed E-state index contributed by atoms with van der Waals surface area (Å²) in [5, 5.41) is 2.11. The summed E-state index contributed by atoms with van der Waals surface area (Å²) in [7, 11) is 0. The van der Waals surface area contributed by atoms with Crippen molar-refractivity contribution in [1.29, 1.82) is 0 Å². The van der Waals surface area contributed by atoms with Gasteiger partial charge in [0.25, 0.3) is 5.56 Å². The fourth-order valence-electron chi connectivity index (χ4n) is 3.14. The lowest BCUT2D eigenvalue weighted by Gasteiger charge is -2.16. The normalized spacial score (nSPS) is 17.0. The van der Waals surface area contributed by atoms with Crippen LogP contribution in [0.3, 0.4) is 0 Å². The van der Waals surface area contributed by atoms with E-state index in [1.807, 2.05) is 48.5 Å². The standard InChI is InChI=1S/C20H19ClN2O2S/c21-15-9-7-14(8-10-15)13-26-20-22-18-6-2-1-5-17(18)19(24)23(20)12-16-4-3-11-25-16/h1-2,5-10,16H,3-4,11-13H2. The van der Waals surface area contributed by atoms with Crippen molar-refractivity contribution in [2.45, 2.75) is 36.4 Å². The zero-order chi connectivity index (χ0) is 17.9. The number of hydrogen-bond donors (Lipinski definition) is 0. The van der Waals surface area contributed by atoms with E-state index < -0.39 is 0 Å². The Morgan fingerprint density at radius 2 is 2.00 bits per heavy atom. The Bertz CT molecular complexity index is 966. The Labute approximate surface area is 161 Å². The smallest absolute Gasteiger partial charge is 0.262 e. The molecule has 0 amide bonds. The summed E-state index contributed by atoms with van der Waals surface area (Å²) >= 11 is 7.53. The average Bonchev–Trinajstić information content (AvgIpc) is 3.17. The van der Waals surface area contributed by atoms with Crippen molar-refractivity contribution in [3.05, 3.63) is 69.5 Å². The molecule has 2 heterocycles. The van der Waals surface area contributed by atoms with Crippen molar-refractivity contribution in [2.75, 3.05) is 6.61 Å². The van der Waals surface area contributed by atoms with E-state index in [0.29, 0.717) is 11.9 Å². The average molecular weight is 387 g/mol. The maximum atomic E-state index is 13.0. The van der Waals surface area contributed by atoms with E-state index in [0.717, 1.165) is 46.5 Å². The minimum atomic E-state index is 0.00436. The van der Waals surface area contributed by atoms with Gasteiger partial charge in [0.05, 0.1) is 23.6 Å². The highest BCUT2D eigenvalue weighted by molar-refractivity contribution is 7.98. The fourth-order valence-corrected chi connectivity index (χ4v) is 4.23. The summed E-state index contributed by atoms with van der Waals surface area (Å²) in [5.41, 5.74) is 1.88. The van der Waals surface area contributed by atoms with Crippen molar-refractivity contribution in [1.82, 2.24) is 9.55 Å². The highest BCUT2D eigenvalue weighted by Crippen LogP contribution is 2.24. The van der Waals surface area contributed by atoms with Crippen molar-refractivity contribution < 1.29 is 4.74 Å². The quantitative estimate of drug-likeness (QED) is 0.477. The van der Waals surface area contributed by atoms with Gasteiger partial charge < -0.3 is 4.74 Å². The predicted molar refractivity (Wildman–Crippen MR) is 106 cm³/mol. The molecule has 0 spiro atoms. The molecule has 134 valence electrons. The Morgan fingerprint density at radius 1 is 1.19 bits per heavy atom. The SMILES string of the molecule is O=c1c2ccccc2nc(SCc2ccc(Cl)cc2)n1CC1CCCO1. The van der Waals surface area contributed by atoms with Crippen LogP contribution >= 0.6 is 23.4 Å². The number of para-hydroxylation sites is 1. The van der Waals surface area contributed by atoms with Gasteiger partial charge in [-0.1, -0.05) is 47.6 Å². The van der Waals surface area contributed by atoms with Gasteiger partial charge in [0.15, 0.2) is 5.16 Å². The lowest BCUT2D eigenvalue weighted by molar-refractivity contribution is 0.0937. The van der Waals surface area contributed by atoms with Crippen molar-refractivity contribution in [3.63, 3.8) is 0 Å². The van der Waals surface area contributed by atoms with E-state index in [-0.39, 0.29) is 11.7 Å². The molecule has 1 fully saturated rings. The molecule has 0 aliphatic carbocycles. The second-order valence-corrected chi connectivity index (χ2v) is 7.76. The second-order valence-electron chi connectivity index (χ2n) is 6.38. The fraction of sp³-hybridized carbons (Fsp3) is 0.300. The summed E-state index contributed by atoms with van der Waals surface area (Å²) in [4.78, 5) is 17.8. The van der Waals surface area contributed by atoms with Gasteiger partial charge in [-0.3, -0.25) is 9.36 Å². The zero-order valence-corrected chi connectivity index (χ0v) is 15.8. The monoisotopic (exact) mass is 386 g/mol. The first kappa shape index (κ1) is 17.6. The number of ether oxygens (including phenoxy) is 1. The van der Waals surface area contributed by atoms with Gasteiger partial charge in [0.1, 0.15) is 0 Å². The molecule has 1 aliphatic rings. The highest BCUT2D eigenvalue weighted by atomic mass is 35.5. The Morgan fingerprint density at radius 3 is 2.77 bits per heavy atom. The molecular weight excluding hydrogens is 368 g/mol. The molecule has 1 atom stereocenters. The molecule has 1 unspecified atom stereocenters. The van der Waals surface area contributed by atoms with Crippen LogP contribution in [0.2, 0.25) is 5.02 Å². The third-order valence-corrected chi connectivity index (χ3v) is 5.82. The van der Waals surface area contributed by atoms with E-state index in [1.165, 1.54) is 0 Å². The van der Waals surface area contributed by atoms with E-state index in [4.69, 9.17) is 21.3 Å². The largest absolute Gasteiger partial charge is 0.376 e. The van der Waals surface area contributed by atoms with Crippen LogP contribution in [0.15, 0.2) is 58.5 Å². The van der Waals surface area contributed by atoms with E-state index in [2.05, 4.69) is 0 Å². The molecule has 1 aromatic heterocycles. The number of halogens is 1. The maximum absolute atomic E-state index is 13.0. The minimum absolute atomic E-state index is 0.00436. The summed E-state index contributed by atoms with van der Waals surface area (Å²) in [6, 6.07) is 15.3. The lowest BCUT2D eigenvalue weighted by atomic mass is 10.2. The molecule has 2 aromatic carbocycles. The Kier molecular flexibility index (Phi) is 5.29. The molecule has 0 bridgehead atoms. The first-order valence-electron chi connectivity index (χ1n) is 8.69. The molecule has 0 saturated carbocycles. The van der Waals surface area contributed by atoms with Gasteiger partial charge in [-0.25, -0.2) is 4.98 Å².